The number of benzene rings is 4. The Bertz CT molecular complexity index is 2230. The summed E-state index contributed by atoms with van der Waals surface area (Å²) in [7, 11) is 0. The quantitative estimate of drug-likeness (QED) is 0.238. The van der Waals surface area contributed by atoms with Gasteiger partial charge in [0.1, 0.15) is 12.0 Å². The summed E-state index contributed by atoms with van der Waals surface area (Å²) >= 11 is 0. The topological polar surface area (TPSA) is 48.5 Å². The van der Waals surface area contributed by atoms with Crippen molar-refractivity contribution < 1.29 is 0 Å². The summed E-state index contributed by atoms with van der Waals surface area (Å²) in [6.45, 7) is 4.36. The minimum absolute atomic E-state index is 0.695. The molecule has 0 atom stereocenters. The van der Waals surface area contributed by atoms with Crippen LogP contribution in [-0.4, -0.2) is 24.1 Å². The van der Waals surface area contributed by atoms with Crippen LogP contribution in [0, 0.1) is 13.8 Å². The third-order valence-electron chi connectivity index (χ3n) is 7.95. The molecule has 8 rings (SSSR count). The molecule has 0 saturated heterocycles. The Morgan fingerprint density at radius 1 is 0.550 bits per heavy atom. The van der Waals surface area contributed by atoms with E-state index in [0.29, 0.717) is 5.65 Å². The number of aromatic nitrogens is 5. The zero-order chi connectivity index (χ0) is 26.8. The van der Waals surface area contributed by atoms with Crippen molar-refractivity contribution >= 4 is 43.9 Å². The van der Waals surface area contributed by atoms with Gasteiger partial charge in [-0.05, 0) is 61.4 Å². The van der Waals surface area contributed by atoms with Crippen molar-refractivity contribution in [3.05, 3.63) is 127 Å². The van der Waals surface area contributed by atoms with Crippen LogP contribution in [0.15, 0.2) is 116 Å². The van der Waals surface area contributed by atoms with Crippen molar-refractivity contribution in [3.8, 4) is 22.6 Å². The average Bonchev–Trinajstić information content (AvgIpc) is 3.51. The Balaban J connectivity index is 1.62. The fraction of sp³-hybridized carbons (Fsp3) is 0.0571. The van der Waals surface area contributed by atoms with Gasteiger partial charge in [-0.2, -0.15) is 0 Å². The number of fused-ring (bicyclic) bond motifs is 6. The van der Waals surface area contributed by atoms with Gasteiger partial charge < -0.3 is 0 Å². The normalized spacial score (nSPS) is 11.8. The summed E-state index contributed by atoms with van der Waals surface area (Å²) < 4.78 is 4.84. The summed E-state index contributed by atoms with van der Waals surface area (Å²) in [5.74, 6) is 0. The Kier molecular flexibility index (Phi) is 4.88. The predicted molar refractivity (Wildman–Crippen MR) is 163 cm³/mol. The largest absolute Gasteiger partial charge is 0.295 e. The minimum Gasteiger partial charge on any atom is -0.295 e. The van der Waals surface area contributed by atoms with Crippen molar-refractivity contribution in [2.75, 3.05) is 0 Å². The first-order valence-corrected chi connectivity index (χ1v) is 13.5. The maximum atomic E-state index is 4.86. The van der Waals surface area contributed by atoms with Crippen LogP contribution in [0.5, 0.6) is 0 Å². The Morgan fingerprint density at radius 3 is 1.98 bits per heavy atom. The molecule has 40 heavy (non-hydrogen) atoms. The second kappa shape index (κ2) is 8.61. The van der Waals surface area contributed by atoms with Crippen LogP contribution >= 0.6 is 0 Å². The van der Waals surface area contributed by atoms with Crippen molar-refractivity contribution in [1.82, 2.24) is 24.1 Å². The summed E-state index contributed by atoms with van der Waals surface area (Å²) in [6, 6.07) is 36.5. The third kappa shape index (κ3) is 3.12. The van der Waals surface area contributed by atoms with Gasteiger partial charge in [-0.15, -0.1) is 0 Å². The number of hydrogen-bond acceptors (Lipinski definition) is 3. The van der Waals surface area contributed by atoms with Crippen LogP contribution in [0.3, 0.4) is 0 Å². The maximum absolute atomic E-state index is 4.86. The molecule has 0 radical (unpaired) electrons. The van der Waals surface area contributed by atoms with Gasteiger partial charge in [0.2, 0.25) is 0 Å². The van der Waals surface area contributed by atoms with E-state index in [0.717, 1.165) is 44.7 Å². The van der Waals surface area contributed by atoms with E-state index in [9.17, 15) is 0 Å². The molecule has 0 unspecified atom stereocenters. The zero-order valence-corrected chi connectivity index (χ0v) is 22.2. The lowest BCUT2D eigenvalue weighted by Gasteiger charge is -2.20. The van der Waals surface area contributed by atoms with E-state index in [2.05, 4.69) is 130 Å². The molecule has 0 fully saturated rings. The van der Waals surface area contributed by atoms with E-state index in [4.69, 9.17) is 4.98 Å². The lowest BCUT2D eigenvalue weighted by molar-refractivity contribution is 1.05. The van der Waals surface area contributed by atoms with Crippen molar-refractivity contribution in [2.45, 2.75) is 13.8 Å². The molecule has 4 aromatic carbocycles. The van der Waals surface area contributed by atoms with Gasteiger partial charge in [0.15, 0.2) is 5.65 Å². The van der Waals surface area contributed by atoms with Crippen LogP contribution in [0.1, 0.15) is 11.1 Å². The average molecular weight is 516 g/mol. The fourth-order valence-corrected chi connectivity index (χ4v) is 6.24. The Hall–Kier alpha value is -5.29. The van der Waals surface area contributed by atoms with Gasteiger partial charge in [-0.1, -0.05) is 66.7 Å². The molecular formula is C35H25N5. The molecule has 8 aromatic rings. The van der Waals surface area contributed by atoms with Gasteiger partial charge in [-0.25, -0.2) is 15.0 Å². The number of pyridine rings is 1. The standard InChI is InChI=1S/C35H25N5/c1-22-18-19-23(2)33(30(22)32-27-15-10-20-36-34(27)38-21-37-32)40-29-17-9-7-14-26(29)31-25-13-6-8-16-28(25)39(35(31)40)24-11-4-3-5-12-24/h3-21H,1-2H3. The van der Waals surface area contributed by atoms with Crippen LogP contribution in [0.4, 0.5) is 0 Å². The number of para-hydroxylation sites is 3. The van der Waals surface area contributed by atoms with Gasteiger partial charge in [-0.3, -0.25) is 9.13 Å². The van der Waals surface area contributed by atoms with Crippen molar-refractivity contribution in [1.29, 1.82) is 0 Å². The number of hydrogen-bond donors (Lipinski definition) is 0. The van der Waals surface area contributed by atoms with Gasteiger partial charge in [0, 0.05) is 39.0 Å². The maximum Gasteiger partial charge on any atom is 0.163 e. The van der Waals surface area contributed by atoms with Crippen LogP contribution in [-0.2, 0) is 0 Å². The molecule has 5 nitrogen and oxygen atoms in total. The SMILES string of the molecule is Cc1ccc(C)c(-n2c3ccccc3c3c4ccccc4n(-c4ccccc4)c32)c1-c1ncnc2ncccc12. The molecule has 0 bridgehead atoms. The summed E-state index contributed by atoms with van der Waals surface area (Å²) in [6.07, 6.45) is 3.41. The highest BCUT2D eigenvalue weighted by molar-refractivity contribution is 6.22. The van der Waals surface area contributed by atoms with E-state index in [1.54, 1.807) is 12.5 Å². The molecule has 0 N–H and O–H groups in total. The van der Waals surface area contributed by atoms with Gasteiger partial charge in [0.05, 0.1) is 22.4 Å². The summed E-state index contributed by atoms with van der Waals surface area (Å²) in [4.78, 5) is 13.9. The van der Waals surface area contributed by atoms with E-state index in [1.807, 2.05) is 6.07 Å². The first-order chi connectivity index (χ1) is 19.7. The van der Waals surface area contributed by atoms with Crippen LogP contribution in [0.25, 0.3) is 66.5 Å². The van der Waals surface area contributed by atoms with E-state index < -0.39 is 0 Å². The monoisotopic (exact) mass is 515 g/mol. The molecule has 0 aliphatic rings. The zero-order valence-electron chi connectivity index (χ0n) is 22.2. The van der Waals surface area contributed by atoms with Crippen LogP contribution in [0.2, 0.25) is 0 Å². The lowest BCUT2D eigenvalue weighted by atomic mass is 9.97. The lowest BCUT2D eigenvalue weighted by Crippen LogP contribution is -2.07. The third-order valence-corrected chi connectivity index (χ3v) is 7.95. The highest BCUT2D eigenvalue weighted by Gasteiger charge is 2.25. The van der Waals surface area contributed by atoms with E-state index >= 15 is 0 Å². The molecule has 0 aliphatic heterocycles. The number of aryl methyl sites for hydroxylation is 2. The van der Waals surface area contributed by atoms with Crippen molar-refractivity contribution in [3.63, 3.8) is 0 Å². The van der Waals surface area contributed by atoms with E-state index in [-0.39, 0.29) is 0 Å². The Labute approximate surface area is 231 Å². The summed E-state index contributed by atoms with van der Waals surface area (Å²) in [5.41, 5.74) is 10.7. The highest BCUT2D eigenvalue weighted by Crippen LogP contribution is 2.44. The molecule has 190 valence electrons. The van der Waals surface area contributed by atoms with Crippen molar-refractivity contribution in [2.24, 2.45) is 0 Å². The molecule has 4 aromatic heterocycles. The fourth-order valence-electron chi connectivity index (χ4n) is 6.24. The molecule has 0 aliphatic carbocycles. The molecular weight excluding hydrogens is 490 g/mol. The smallest absolute Gasteiger partial charge is 0.163 e. The van der Waals surface area contributed by atoms with Gasteiger partial charge in [0.25, 0.3) is 0 Å². The minimum atomic E-state index is 0.695. The molecule has 0 saturated carbocycles. The second-order valence-corrected chi connectivity index (χ2v) is 10.3. The molecule has 5 heteroatoms. The predicted octanol–water partition coefficient (Wildman–Crippen LogP) is 8.35. The number of rotatable bonds is 3. The summed E-state index contributed by atoms with van der Waals surface area (Å²) in [5, 5.41) is 4.65. The molecule has 0 amide bonds. The first-order valence-electron chi connectivity index (χ1n) is 13.5. The molecule has 4 heterocycles. The first kappa shape index (κ1) is 22.7. The second-order valence-electron chi connectivity index (χ2n) is 10.3. The number of nitrogens with zero attached hydrogens (tertiary/aromatic N) is 5. The van der Waals surface area contributed by atoms with Crippen LogP contribution < -0.4 is 0 Å². The highest BCUT2D eigenvalue weighted by atomic mass is 15.1. The van der Waals surface area contributed by atoms with E-state index in [1.165, 1.54) is 27.2 Å². The van der Waals surface area contributed by atoms with Gasteiger partial charge >= 0.3 is 0 Å². The Morgan fingerprint density at radius 2 is 1.20 bits per heavy atom. The molecule has 0 spiro atoms.